The maximum atomic E-state index is 13.5. The Balaban J connectivity index is 0.000000199. The van der Waals surface area contributed by atoms with E-state index in [1.54, 1.807) is 51.6 Å². The molecular formula is C103H125FN8O16S5. The van der Waals surface area contributed by atoms with Crippen LogP contribution in [-0.2, 0) is 38.1 Å². The van der Waals surface area contributed by atoms with Crippen molar-refractivity contribution >= 4 is 165 Å². The maximum absolute atomic E-state index is 13.5. The van der Waals surface area contributed by atoms with E-state index in [-0.39, 0.29) is 55.9 Å². The molecule has 0 aliphatic rings. The smallest absolute Gasteiger partial charge is 0.341 e. The molecule has 8 aromatic carbocycles. The standard InChI is InChI=1S/C26H32N2O4S2.2C26H32N2O4S.C25H29FN2O4S/c1-6-28(7-2)15-16-32-23-19(18-11-9-10-12-21(18)33-5)13-14-20-22(26(30)31-8-3)25(27-17(4)29)34-24(20)23;1-6-28(7-2)15-16-32-23-20(19-11-9-17(4)10-12-19)13-14-21-22(26(30)31-8-3)25(27-18(5)29)33-24(21)23;1-6-28(7-2)14-15-32-23-20(19-11-9-10-17(4)16-19)12-13-21-22(26(30)31-8-3)25(27-18(5)29)33-24(21)23;1-5-28(6-2)14-15-32-22-19(17-8-10-18(26)11-9-17)12-13-20-21(25(30)31-7-3)24(27-16(4)29)33-23(20)22/h9-14H,6-8,15-16H2,1-5H3,(H,27,29);9-14H,6-8,15-16H2,1-5H3,(H,27,29);9-13,16H,6-8,14-15H2,1-5H3,(H,27,29);8-13H,5-7,14-15H2,1-4H3,(H,27,29). The lowest BCUT2D eigenvalue weighted by Crippen LogP contribution is -2.28. The van der Waals surface area contributed by atoms with Crippen molar-refractivity contribution in [1.29, 1.82) is 0 Å². The molecule has 0 aliphatic heterocycles. The summed E-state index contributed by atoms with van der Waals surface area (Å²) in [4.78, 5) is 109. The number of benzene rings is 8. The van der Waals surface area contributed by atoms with Gasteiger partial charge in [0.25, 0.3) is 0 Å². The minimum atomic E-state index is -0.504. The summed E-state index contributed by atoms with van der Waals surface area (Å²) in [5, 5.41) is 15.8. The van der Waals surface area contributed by atoms with Gasteiger partial charge in [-0.2, -0.15) is 0 Å². The average Bonchev–Trinajstić information content (AvgIpc) is 1.63. The largest absolute Gasteiger partial charge is 0.490 e. The third kappa shape index (κ3) is 27.7. The zero-order chi connectivity index (χ0) is 96.5. The van der Waals surface area contributed by atoms with Crippen molar-refractivity contribution in [1.82, 2.24) is 19.6 Å². The molecule has 12 aromatic rings. The number of anilines is 4. The summed E-state index contributed by atoms with van der Waals surface area (Å²) in [5.74, 6) is -0.439. The molecule has 30 heteroatoms. The summed E-state index contributed by atoms with van der Waals surface area (Å²) < 4.78 is 63.4. The van der Waals surface area contributed by atoms with E-state index in [0.29, 0.717) is 79.8 Å². The highest BCUT2D eigenvalue weighted by Gasteiger charge is 2.31. The summed E-state index contributed by atoms with van der Waals surface area (Å²) in [6.07, 6.45) is 2.05. The van der Waals surface area contributed by atoms with Crippen LogP contribution in [0.1, 0.15) is 163 Å². The van der Waals surface area contributed by atoms with Crippen molar-refractivity contribution in [2.45, 2.75) is 130 Å². The number of ether oxygens (including phenoxy) is 8. The molecular weight excluding hydrogens is 1780 g/mol. The van der Waals surface area contributed by atoms with E-state index in [1.165, 1.54) is 90.7 Å². The number of rotatable bonds is 41. The lowest BCUT2D eigenvalue weighted by molar-refractivity contribution is -0.115. The summed E-state index contributed by atoms with van der Waals surface area (Å²) in [6, 6.07) is 46.3. The van der Waals surface area contributed by atoms with Gasteiger partial charge in [0.15, 0.2) is 0 Å². The van der Waals surface area contributed by atoms with Crippen molar-refractivity contribution in [3.63, 3.8) is 0 Å². The van der Waals surface area contributed by atoms with Crippen molar-refractivity contribution < 1.29 is 80.6 Å². The molecule has 4 amide bonds. The Morgan fingerprint density at radius 2 is 0.609 bits per heavy atom. The fourth-order valence-electron chi connectivity index (χ4n) is 14.9. The number of hydrogen-bond donors (Lipinski definition) is 4. The Kier molecular flexibility index (Phi) is 41.5. The zero-order valence-electron chi connectivity index (χ0n) is 79.7. The molecule has 0 radical (unpaired) electrons. The number of amides is 4. The van der Waals surface area contributed by atoms with E-state index >= 15 is 0 Å². The van der Waals surface area contributed by atoms with Gasteiger partial charge in [-0.3, -0.25) is 19.2 Å². The highest BCUT2D eigenvalue weighted by molar-refractivity contribution is 7.98. The van der Waals surface area contributed by atoms with Gasteiger partial charge >= 0.3 is 23.9 Å². The summed E-state index contributed by atoms with van der Waals surface area (Å²) in [7, 11) is 0. The molecule has 0 saturated heterocycles. The Hall–Kier alpha value is -11.3. The number of thioether (sulfide) groups is 1. The lowest BCUT2D eigenvalue weighted by Gasteiger charge is -2.20. The van der Waals surface area contributed by atoms with Gasteiger partial charge in [-0.15, -0.1) is 57.1 Å². The Morgan fingerprint density at radius 3 is 0.895 bits per heavy atom. The molecule has 0 aliphatic carbocycles. The molecule has 133 heavy (non-hydrogen) atoms. The van der Waals surface area contributed by atoms with Crippen molar-refractivity contribution in [3.8, 4) is 67.5 Å². The SMILES string of the molecule is CCOC(=O)c1c(NC(C)=O)sc2c(OCCN(CC)CC)c(-c3ccc(C)cc3)ccc12.CCOC(=O)c1c(NC(C)=O)sc2c(OCCN(CC)CC)c(-c3ccc(F)cc3)ccc12.CCOC(=O)c1c(NC(C)=O)sc2c(OCCN(CC)CC)c(-c3cccc(C)c3)ccc12.CCOC(=O)c1c(NC(C)=O)sc2c(OCCN(CC)CC)c(-c3ccccc3SC)ccc12. The minimum absolute atomic E-state index is 0.219. The normalized spacial score (nSPS) is 11.1. The number of thiophene rings is 4. The minimum Gasteiger partial charge on any atom is -0.490 e. The quantitative estimate of drug-likeness (QED) is 0.0157. The van der Waals surface area contributed by atoms with Gasteiger partial charge in [0.1, 0.15) is 97.5 Å². The van der Waals surface area contributed by atoms with E-state index in [1.807, 2.05) is 66.7 Å². The number of carbonyl (C=O) groups is 8. The fraction of sp³-hybridized carbons (Fsp3) is 0.379. The zero-order valence-corrected chi connectivity index (χ0v) is 83.8. The molecule has 4 aromatic heterocycles. The molecule has 12 rings (SSSR count). The van der Waals surface area contributed by atoms with Gasteiger partial charge in [-0.1, -0.05) is 170 Å². The van der Waals surface area contributed by atoms with E-state index in [9.17, 15) is 42.7 Å². The molecule has 24 nitrogen and oxygen atoms in total. The fourth-order valence-corrected chi connectivity index (χ4v) is 20.5. The second-order valence-corrected chi connectivity index (χ2v) is 35.5. The third-order valence-electron chi connectivity index (χ3n) is 21.8. The molecule has 0 unspecified atom stereocenters. The predicted molar refractivity (Wildman–Crippen MR) is 544 cm³/mol. The molecule has 0 atom stereocenters. The molecule has 4 heterocycles. The first kappa shape index (κ1) is 105. The van der Waals surface area contributed by atoms with E-state index in [0.717, 1.165) is 186 Å². The van der Waals surface area contributed by atoms with Crippen LogP contribution in [-0.4, -0.2) is 205 Å². The van der Waals surface area contributed by atoms with Crippen LogP contribution < -0.4 is 40.2 Å². The first-order valence-electron chi connectivity index (χ1n) is 45.2. The first-order chi connectivity index (χ1) is 64.1. The number of nitrogens with one attached hydrogen (secondary N) is 4. The average molecular weight is 1910 g/mol. The molecule has 0 saturated carbocycles. The Morgan fingerprint density at radius 1 is 0.323 bits per heavy atom. The van der Waals surface area contributed by atoms with Crippen molar-refractivity contribution in [2.24, 2.45) is 0 Å². The van der Waals surface area contributed by atoms with Crippen LogP contribution in [0.4, 0.5) is 24.4 Å². The summed E-state index contributed by atoms with van der Waals surface area (Å²) >= 11 is 6.98. The molecule has 0 spiro atoms. The van der Waals surface area contributed by atoms with E-state index in [2.05, 4.69) is 171 Å². The molecule has 4 N–H and O–H groups in total. The van der Waals surface area contributed by atoms with E-state index in [4.69, 9.17) is 37.9 Å². The van der Waals surface area contributed by atoms with Gasteiger partial charge in [0.05, 0.1) is 45.2 Å². The number of nitrogens with zero attached hydrogens (tertiary/aromatic N) is 4. The predicted octanol–water partition coefficient (Wildman–Crippen LogP) is 23.2. The first-order valence-corrected chi connectivity index (χ1v) is 49.7. The van der Waals surface area contributed by atoms with Crippen LogP contribution in [0.25, 0.3) is 84.9 Å². The second kappa shape index (κ2) is 52.4. The summed E-state index contributed by atoms with van der Waals surface area (Å²) in [6.45, 7) is 47.4. The highest BCUT2D eigenvalue weighted by atomic mass is 32.2. The van der Waals surface area contributed by atoms with Crippen LogP contribution in [0, 0.1) is 19.7 Å². The lowest BCUT2D eigenvalue weighted by atomic mass is 10.0. The van der Waals surface area contributed by atoms with Crippen molar-refractivity contribution in [2.75, 3.05) is 159 Å². The van der Waals surface area contributed by atoms with E-state index < -0.39 is 23.9 Å². The van der Waals surface area contributed by atoms with Crippen LogP contribution in [0.2, 0.25) is 0 Å². The number of aryl methyl sites for hydroxylation is 2. The highest BCUT2D eigenvalue weighted by Crippen LogP contribution is 2.52. The van der Waals surface area contributed by atoms with Gasteiger partial charge < -0.3 is 78.8 Å². The molecule has 0 bridgehead atoms. The Bertz CT molecular complexity index is 5790. The van der Waals surface area contributed by atoms with Crippen LogP contribution >= 0.6 is 57.1 Å². The molecule has 710 valence electrons. The monoisotopic (exact) mass is 1910 g/mol. The van der Waals surface area contributed by atoms with Crippen LogP contribution in [0.3, 0.4) is 0 Å². The van der Waals surface area contributed by atoms with Gasteiger partial charge in [-0.05, 0) is 165 Å². The maximum Gasteiger partial charge on any atom is 0.341 e. The molecule has 0 fully saturated rings. The number of hydrogen-bond acceptors (Lipinski definition) is 25. The second-order valence-electron chi connectivity index (χ2n) is 30.6. The van der Waals surface area contributed by atoms with Gasteiger partial charge in [0.2, 0.25) is 23.6 Å². The summed E-state index contributed by atoms with van der Waals surface area (Å²) in [5.41, 5.74) is 11.4. The number of likely N-dealkylation sites (N-methyl/N-ethyl adjacent to an activating group) is 4. The number of halogens is 1. The van der Waals surface area contributed by atoms with Crippen LogP contribution in [0.5, 0.6) is 23.0 Å². The van der Waals surface area contributed by atoms with Crippen LogP contribution in [0.15, 0.2) is 150 Å². The van der Waals surface area contributed by atoms with Gasteiger partial charge in [-0.25, -0.2) is 23.6 Å². The number of carbonyl (C=O) groups excluding carboxylic acids is 8. The number of fused-ring (bicyclic) bond motifs is 4. The third-order valence-corrected chi connectivity index (χ3v) is 27.0. The van der Waals surface area contributed by atoms with Gasteiger partial charge in [0, 0.05) is 103 Å². The Labute approximate surface area is 800 Å². The van der Waals surface area contributed by atoms with Crippen molar-refractivity contribution in [3.05, 3.63) is 185 Å². The topological polar surface area (TPSA) is 271 Å². The number of esters is 4.